The number of fused-ring (bicyclic) bond motifs is 1. The predicted molar refractivity (Wildman–Crippen MR) is 87.1 cm³/mol. The van der Waals surface area contributed by atoms with E-state index in [4.69, 9.17) is 0 Å². The van der Waals surface area contributed by atoms with Crippen LogP contribution in [-0.2, 0) is 14.3 Å². The van der Waals surface area contributed by atoms with E-state index in [-0.39, 0.29) is 18.3 Å². The second-order valence-corrected chi connectivity index (χ2v) is 5.91. The van der Waals surface area contributed by atoms with Crippen LogP contribution in [0.25, 0.3) is 0 Å². The summed E-state index contributed by atoms with van der Waals surface area (Å²) in [4.78, 5) is 27.8. The predicted octanol–water partition coefficient (Wildman–Crippen LogP) is 2.45. The highest BCUT2D eigenvalue weighted by molar-refractivity contribution is 5.97. The van der Waals surface area contributed by atoms with Crippen LogP contribution in [0.1, 0.15) is 26.2 Å². The van der Waals surface area contributed by atoms with Crippen molar-refractivity contribution in [2.45, 2.75) is 26.2 Å². The highest BCUT2D eigenvalue weighted by Gasteiger charge is 2.26. The number of para-hydroxylation sites is 2. The van der Waals surface area contributed by atoms with E-state index in [1.54, 1.807) is 0 Å². The second kappa shape index (κ2) is 7.29. The summed E-state index contributed by atoms with van der Waals surface area (Å²) in [6.07, 6.45) is 1.17. The van der Waals surface area contributed by atoms with Crippen LogP contribution in [-0.4, -0.2) is 39.1 Å². The van der Waals surface area contributed by atoms with Crippen LogP contribution in [0, 0.1) is 5.92 Å². The zero-order chi connectivity index (χ0) is 16.1. The first-order valence-corrected chi connectivity index (χ1v) is 7.70. The van der Waals surface area contributed by atoms with Crippen molar-refractivity contribution in [3.8, 4) is 0 Å². The van der Waals surface area contributed by atoms with Gasteiger partial charge in [0.15, 0.2) is 0 Å². The van der Waals surface area contributed by atoms with Crippen LogP contribution in [0.15, 0.2) is 24.3 Å². The SMILES string of the molecule is COC(=O)CCCC(=O)N1C[C@@H](C)CN(C)c2ccccc21. The Hall–Kier alpha value is -2.04. The maximum Gasteiger partial charge on any atom is 0.305 e. The molecule has 22 heavy (non-hydrogen) atoms. The van der Waals surface area contributed by atoms with Crippen LogP contribution in [0.2, 0.25) is 0 Å². The zero-order valence-corrected chi connectivity index (χ0v) is 13.5. The Kier molecular flexibility index (Phi) is 5.41. The van der Waals surface area contributed by atoms with E-state index in [0.717, 1.165) is 17.9 Å². The molecule has 1 aliphatic heterocycles. The summed E-state index contributed by atoms with van der Waals surface area (Å²) in [5, 5.41) is 0. The number of hydrogen-bond donors (Lipinski definition) is 0. The number of benzene rings is 1. The molecule has 0 unspecified atom stereocenters. The normalized spacial score (nSPS) is 17.7. The topological polar surface area (TPSA) is 49.9 Å². The minimum absolute atomic E-state index is 0.0681. The van der Waals surface area contributed by atoms with E-state index in [2.05, 4.69) is 23.6 Å². The van der Waals surface area contributed by atoms with Gasteiger partial charge < -0.3 is 14.5 Å². The quantitative estimate of drug-likeness (QED) is 0.802. The van der Waals surface area contributed by atoms with Gasteiger partial charge >= 0.3 is 5.97 Å². The van der Waals surface area contributed by atoms with Gasteiger partial charge in [0, 0.05) is 33.0 Å². The first-order chi connectivity index (χ1) is 10.5. The molecule has 0 spiro atoms. The van der Waals surface area contributed by atoms with Gasteiger partial charge in [-0.15, -0.1) is 0 Å². The maximum absolute atomic E-state index is 12.6. The molecule has 0 radical (unpaired) electrons. The molecule has 0 bridgehead atoms. The summed E-state index contributed by atoms with van der Waals surface area (Å²) in [5.41, 5.74) is 2.03. The molecule has 1 atom stereocenters. The number of nitrogens with zero attached hydrogens (tertiary/aromatic N) is 2. The van der Waals surface area contributed by atoms with Gasteiger partial charge in [-0.1, -0.05) is 19.1 Å². The first-order valence-electron chi connectivity index (χ1n) is 7.70. The summed E-state index contributed by atoms with van der Waals surface area (Å²) in [6, 6.07) is 7.98. The number of methoxy groups -OCH3 is 1. The lowest BCUT2D eigenvalue weighted by atomic mass is 10.1. The number of rotatable bonds is 4. The lowest BCUT2D eigenvalue weighted by molar-refractivity contribution is -0.140. The Balaban J connectivity index is 2.12. The van der Waals surface area contributed by atoms with E-state index in [0.29, 0.717) is 25.3 Å². The van der Waals surface area contributed by atoms with Crippen molar-refractivity contribution >= 4 is 23.3 Å². The lowest BCUT2D eigenvalue weighted by Gasteiger charge is -2.24. The Morgan fingerprint density at radius 3 is 2.55 bits per heavy atom. The molecule has 0 saturated carbocycles. The van der Waals surface area contributed by atoms with Crippen molar-refractivity contribution in [1.29, 1.82) is 0 Å². The smallest absolute Gasteiger partial charge is 0.305 e. The van der Waals surface area contributed by atoms with E-state index in [1.807, 2.05) is 29.2 Å². The number of ether oxygens (including phenoxy) is 1. The van der Waals surface area contributed by atoms with Gasteiger partial charge in [0.05, 0.1) is 18.5 Å². The van der Waals surface area contributed by atoms with Crippen LogP contribution in [0.4, 0.5) is 11.4 Å². The molecular formula is C17H24N2O3. The van der Waals surface area contributed by atoms with Gasteiger partial charge in [0.25, 0.3) is 0 Å². The molecule has 5 heteroatoms. The Morgan fingerprint density at radius 2 is 1.86 bits per heavy atom. The molecular weight excluding hydrogens is 280 g/mol. The van der Waals surface area contributed by atoms with Crippen molar-refractivity contribution < 1.29 is 14.3 Å². The van der Waals surface area contributed by atoms with Crippen LogP contribution in [0.3, 0.4) is 0 Å². The third-order valence-electron chi connectivity index (χ3n) is 3.96. The van der Waals surface area contributed by atoms with Gasteiger partial charge in [-0.05, 0) is 24.5 Å². The molecule has 5 nitrogen and oxygen atoms in total. The molecule has 1 amide bonds. The van der Waals surface area contributed by atoms with E-state index >= 15 is 0 Å². The Labute approximate surface area is 131 Å². The average Bonchev–Trinajstić information content (AvgIpc) is 2.64. The fraction of sp³-hybridized carbons (Fsp3) is 0.529. The fourth-order valence-electron chi connectivity index (χ4n) is 2.91. The standard InChI is InChI=1S/C17H24N2O3/c1-13-11-18(2)14-7-4-5-8-15(14)19(12-13)16(20)9-6-10-17(21)22-3/h4-5,7-8,13H,6,9-12H2,1-3H3/t13-/m0/s1. The fourth-order valence-corrected chi connectivity index (χ4v) is 2.91. The minimum atomic E-state index is -0.267. The van der Waals surface area contributed by atoms with Gasteiger partial charge in [0.2, 0.25) is 5.91 Å². The lowest BCUT2D eigenvalue weighted by Crippen LogP contribution is -2.34. The molecule has 1 aliphatic rings. The van der Waals surface area contributed by atoms with Gasteiger partial charge in [-0.25, -0.2) is 0 Å². The number of carbonyl (C=O) groups is 2. The molecule has 0 N–H and O–H groups in total. The summed E-state index contributed by atoms with van der Waals surface area (Å²) in [5.74, 6) is 0.192. The Bertz CT molecular complexity index is 544. The van der Waals surface area contributed by atoms with Crippen LogP contribution < -0.4 is 9.80 Å². The van der Waals surface area contributed by atoms with Gasteiger partial charge in [-0.2, -0.15) is 0 Å². The highest BCUT2D eigenvalue weighted by Crippen LogP contribution is 2.33. The molecule has 1 heterocycles. The summed E-state index contributed by atoms with van der Waals surface area (Å²) < 4.78 is 4.61. The molecule has 0 fully saturated rings. The van der Waals surface area contributed by atoms with E-state index in [1.165, 1.54) is 7.11 Å². The number of esters is 1. The minimum Gasteiger partial charge on any atom is -0.469 e. The molecule has 120 valence electrons. The summed E-state index contributed by atoms with van der Waals surface area (Å²) >= 11 is 0. The second-order valence-electron chi connectivity index (χ2n) is 5.91. The van der Waals surface area contributed by atoms with Crippen molar-refractivity contribution in [3.63, 3.8) is 0 Å². The molecule has 0 saturated heterocycles. The van der Waals surface area contributed by atoms with E-state index < -0.39 is 0 Å². The van der Waals surface area contributed by atoms with Crippen molar-refractivity contribution in [3.05, 3.63) is 24.3 Å². The number of hydrogen-bond acceptors (Lipinski definition) is 4. The maximum atomic E-state index is 12.6. The average molecular weight is 304 g/mol. The highest BCUT2D eigenvalue weighted by atomic mass is 16.5. The number of carbonyl (C=O) groups excluding carboxylic acids is 2. The molecule has 1 aromatic carbocycles. The number of amides is 1. The number of anilines is 2. The third kappa shape index (κ3) is 3.78. The largest absolute Gasteiger partial charge is 0.469 e. The summed E-state index contributed by atoms with van der Waals surface area (Å²) in [7, 11) is 3.42. The first kappa shape index (κ1) is 16.3. The van der Waals surface area contributed by atoms with Gasteiger partial charge in [0.1, 0.15) is 0 Å². The van der Waals surface area contributed by atoms with Crippen LogP contribution in [0.5, 0.6) is 0 Å². The molecule has 1 aromatic rings. The Morgan fingerprint density at radius 1 is 1.18 bits per heavy atom. The molecule has 0 aromatic heterocycles. The molecule has 0 aliphatic carbocycles. The monoisotopic (exact) mass is 304 g/mol. The van der Waals surface area contributed by atoms with Crippen LogP contribution >= 0.6 is 0 Å². The van der Waals surface area contributed by atoms with Crippen molar-refractivity contribution in [2.24, 2.45) is 5.92 Å². The zero-order valence-electron chi connectivity index (χ0n) is 13.5. The van der Waals surface area contributed by atoms with Crippen molar-refractivity contribution in [1.82, 2.24) is 0 Å². The van der Waals surface area contributed by atoms with Crippen molar-refractivity contribution in [2.75, 3.05) is 37.0 Å². The third-order valence-corrected chi connectivity index (χ3v) is 3.96. The van der Waals surface area contributed by atoms with Gasteiger partial charge in [-0.3, -0.25) is 9.59 Å². The van der Waals surface area contributed by atoms with E-state index in [9.17, 15) is 9.59 Å². The summed E-state index contributed by atoms with van der Waals surface area (Å²) in [6.45, 7) is 3.78. The molecule has 2 rings (SSSR count).